The van der Waals surface area contributed by atoms with Gasteiger partial charge in [0.2, 0.25) is 5.91 Å². The summed E-state index contributed by atoms with van der Waals surface area (Å²) in [6.45, 7) is 4.79. The normalized spacial score (nSPS) is 25.4. The molecule has 1 atom stereocenters. The molecule has 0 aromatic carbocycles. The highest BCUT2D eigenvalue weighted by atomic mass is 16.2. The molecule has 1 saturated heterocycles. The van der Waals surface area contributed by atoms with Crippen LogP contribution in [0.4, 0.5) is 0 Å². The number of likely N-dealkylation sites (tertiary alicyclic amines) is 1. The molecule has 0 saturated carbocycles. The molecule has 0 spiro atoms. The molecule has 0 aliphatic carbocycles. The Bertz CT molecular complexity index is 133. The first-order chi connectivity index (χ1) is 4.75. The molecule has 0 bridgehead atoms. The number of carbonyl (C=O) groups excluding carboxylic acids is 1. The Morgan fingerprint density at radius 1 is 1.70 bits per heavy atom. The number of rotatable bonds is 1. The molecular formula is C8H15NO. The lowest BCUT2D eigenvalue weighted by atomic mass is 10.2. The van der Waals surface area contributed by atoms with E-state index in [1.165, 1.54) is 12.8 Å². The van der Waals surface area contributed by atoms with Gasteiger partial charge in [-0.3, -0.25) is 4.79 Å². The highest BCUT2D eigenvalue weighted by molar-refractivity contribution is 5.73. The summed E-state index contributed by atoms with van der Waals surface area (Å²) in [5.74, 6) is 0.240. The van der Waals surface area contributed by atoms with Crippen LogP contribution in [0.15, 0.2) is 0 Å². The number of amides is 1. The SMILES string of the molecule is CCC1CCCN1C(C)=O. The van der Waals surface area contributed by atoms with Crippen molar-refractivity contribution in [3.8, 4) is 0 Å². The van der Waals surface area contributed by atoms with E-state index in [9.17, 15) is 4.79 Å². The van der Waals surface area contributed by atoms with Gasteiger partial charge in [0.05, 0.1) is 0 Å². The zero-order chi connectivity index (χ0) is 7.56. The van der Waals surface area contributed by atoms with Gasteiger partial charge in [0.1, 0.15) is 0 Å². The Hall–Kier alpha value is -0.530. The van der Waals surface area contributed by atoms with E-state index in [1.807, 2.05) is 4.90 Å². The first-order valence-electron chi connectivity index (χ1n) is 4.03. The van der Waals surface area contributed by atoms with E-state index in [2.05, 4.69) is 6.92 Å². The molecule has 2 heteroatoms. The Labute approximate surface area is 62.2 Å². The Kier molecular flexibility index (Phi) is 2.30. The average Bonchev–Trinajstić information content (AvgIpc) is 2.33. The van der Waals surface area contributed by atoms with Crippen molar-refractivity contribution >= 4 is 5.91 Å². The third kappa shape index (κ3) is 1.31. The summed E-state index contributed by atoms with van der Waals surface area (Å²) in [4.78, 5) is 12.9. The second-order valence-corrected chi connectivity index (χ2v) is 2.92. The van der Waals surface area contributed by atoms with E-state index in [-0.39, 0.29) is 5.91 Å². The fourth-order valence-corrected chi connectivity index (χ4v) is 1.67. The van der Waals surface area contributed by atoms with Crippen LogP contribution in [0, 0.1) is 0 Å². The van der Waals surface area contributed by atoms with Crippen LogP contribution in [-0.2, 0) is 4.79 Å². The molecule has 0 radical (unpaired) electrons. The van der Waals surface area contributed by atoms with Crippen molar-refractivity contribution in [2.75, 3.05) is 6.54 Å². The largest absolute Gasteiger partial charge is 0.340 e. The Balaban J connectivity index is 2.50. The van der Waals surface area contributed by atoms with Crippen molar-refractivity contribution in [3.63, 3.8) is 0 Å². The molecular weight excluding hydrogens is 126 g/mol. The zero-order valence-corrected chi connectivity index (χ0v) is 6.76. The maximum atomic E-state index is 10.9. The van der Waals surface area contributed by atoms with E-state index in [4.69, 9.17) is 0 Å². The summed E-state index contributed by atoms with van der Waals surface area (Å²) in [5, 5.41) is 0. The van der Waals surface area contributed by atoms with Gasteiger partial charge in [0.25, 0.3) is 0 Å². The van der Waals surface area contributed by atoms with Gasteiger partial charge in [-0.2, -0.15) is 0 Å². The van der Waals surface area contributed by atoms with E-state index < -0.39 is 0 Å². The van der Waals surface area contributed by atoms with E-state index in [0.29, 0.717) is 6.04 Å². The van der Waals surface area contributed by atoms with Crippen LogP contribution in [0.2, 0.25) is 0 Å². The van der Waals surface area contributed by atoms with Gasteiger partial charge >= 0.3 is 0 Å². The highest BCUT2D eigenvalue weighted by Crippen LogP contribution is 2.19. The van der Waals surface area contributed by atoms with E-state index in [0.717, 1.165) is 13.0 Å². The van der Waals surface area contributed by atoms with Gasteiger partial charge in [0.15, 0.2) is 0 Å². The first kappa shape index (κ1) is 7.58. The van der Waals surface area contributed by atoms with Gasteiger partial charge < -0.3 is 4.90 Å². The standard InChI is InChI=1S/C8H15NO/c1-3-8-5-4-6-9(8)7(2)10/h8H,3-6H2,1-2H3. The third-order valence-corrected chi connectivity index (χ3v) is 2.25. The molecule has 0 aromatic rings. The molecule has 10 heavy (non-hydrogen) atoms. The molecule has 1 fully saturated rings. The van der Waals surface area contributed by atoms with Crippen molar-refractivity contribution in [2.24, 2.45) is 0 Å². The molecule has 58 valence electrons. The van der Waals surface area contributed by atoms with Crippen LogP contribution in [0.25, 0.3) is 0 Å². The highest BCUT2D eigenvalue weighted by Gasteiger charge is 2.24. The molecule has 0 aromatic heterocycles. The van der Waals surface area contributed by atoms with Crippen molar-refractivity contribution < 1.29 is 4.79 Å². The van der Waals surface area contributed by atoms with Gasteiger partial charge in [-0.05, 0) is 19.3 Å². The van der Waals surface area contributed by atoms with Gasteiger partial charge in [-0.15, -0.1) is 0 Å². The molecule has 2 nitrogen and oxygen atoms in total. The summed E-state index contributed by atoms with van der Waals surface area (Å²) in [6, 6.07) is 0.539. The summed E-state index contributed by atoms with van der Waals surface area (Å²) in [6.07, 6.45) is 3.51. The van der Waals surface area contributed by atoms with Crippen molar-refractivity contribution in [3.05, 3.63) is 0 Å². The first-order valence-corrected chi connectivity index (χ1v) is 4.03. The maximum absolute atomic E-state index is 10.9. The monoisotopic (exact) mass is 141 g/mol. The molecule has 1 aliphatic rings. The minimum absolute atomic E-state index is 0.240. The molecule has 1 heterocycles. The fourth-order valence-electron chi connectivity index (χ4n) is 1.67. The minimum Gasteiger partial charge on any atom is -0.340 e. The van der Waals surface area contributed by atoms with Crippen LogP contribution in [0.3, 0.4) is 0 Å². The smallest absolute Gasteiger partial charge is 0.219 e. The van der Waals surface area contributed by atoms with Crippen LogP contribution in [0.5, 0.6) is 0 Å². The maximum Gasteiger partial charge on any atom is 0.219 e. The zero-order valence-electron chi connectivity index (χ0n) is 6.76. The molecule has 1 amide bonds. The van der Waals surface area contributed by atoms with Crippen LogP contribution < -0.4 is 0 Å². The third-order valence-electron chi connectivity index (χ3n) is 2.25. The van der Waals surface area contributed by atoms with Crippen LogP contribution in [-0.4, -0.2) is 23.4 Å². The van der Waals surface area contributed by atoms with Crippen LogP contribution in [0.1, 0.15) is 33.1 Å². The molecule has 1 rings (SSSR count). The minimum atomic E-state index is 0.240. The summed E-state index contributed by atoms with van der Waals surface area (Å²) < 4.78 is 0. The summed E-state index contributed by atoms with van der Waals surface area (Å²) in [7, 11) is 0. The van der Waals surface area contributed by atoms with E-state index >= 15 is 0 Å². The lowest BCUT2D eigenvalue weighted by Gasteiger charge is -2.21. The second kappa shape index (κ2) is 3.04. The van der Waals surface area contributed by atoms with Crippen molar-refractivity contribution in [1.82, 2.24) is 4.90 Å². The van der Waals surface area contributed by atoms with E-state index in [1.54, 1.807) is 6.92 Å². The summed E-state index contributed by atoms with van der Waals surface area (Å²) in [5.41, 5.74) is 0. The average molecular weight is 141 g/mol. The predicted octanol–water partition coefficient (Wildman–Crippen LogP) is 1.41. The Morgan fingerprint density at radius 2 is 2.40 bits per heavy atom. The fraction of sp³-hybridized carbons (Fsp3) is 0.875. The molecule has 1 unspecified atom stereocenters. The number of nitrogens with zero attached hydrogens (tertiary/aromatic N) is 1. The van der Waals surface area contributed by atoms with Gasteiger partial charge in [-0.25, -0.2) is 0 Å². The quantitative estimate of drug-likeness (QED) is 0.540. The number of carbonyl (C=O) groups is 1. The van der Waals surface area contributed by atoms with Gasteiger partial charge in [0, 0.05) is 19.5 Å². The lowest BCUT2D eigenvalue weighted by Crippen LogP contribution is -2.32. The molecule has 0 N–H and O–H groups in total. The van der Waals surface area contributed by atoms with Crippen molar-refractivity contribution in [2.45, 2.75) is 39.2 Å². The van der Waals surface area contributed by atoms with Crippen molar-refractivity contribution in [1.29, 1.82) is 0 Å². The van der Waals surface area contributed by atoms with Gasteiger partial charge in [-0.1, -0.05) is 6.92 Å². The summed E-state index contributed by atoms with van der Waals surface area (Å²) >= 11 is 0. The lowest BCUT2D eigenvalue weighted by molar-refractivity contribution is -0.129. The second-order valence-electron chi connectivity index (χ2n) is 2.92. The topological polar surface area (TPSA) is 20.3 Å². The molecule has 1 aliphatic heterocycles. The number of hydrogen-bond donors (Lipinski definition) is 0. The van der Waals surface area contributed by atoms with Crippen LogP contribution >= 0.6 is 0 Å². The number of hydrogen-bond acceptors (Lipinski definition) is 1. The Morgan fingerprint density at radius 3 is 2.80 bits per heavy atom. The predicted molar refractivity (Wildman–Crippen MR) is 40.7 cm³/mol.